The van der Waals surface area contributed by atoms with Crippen molar-refractivity contribution in [2.75, 3.05) is 6.61 Å². The second-order valence-electron chi connectivity index (χ2n) is 18.3. The molecule has 0 radical (unpaired) electrons. The molecule has 51 heavy (non-hydrogen) atoms. The van der Waals surface area contributed by atoms with Crippen molar-refractivity contribution < 1.29 is 59.1 Å². The summed E-state index contributed by atoms with van der Waals surface area (Å²) in [5, 5.41) is 63.8. The molecule has 290 valence electrons. The molecule has 0 amide bonds. The summed E-state index contributed by atoms with van der Waals surface area (Å²) >= 11 is 0. The second kappa shape index (κ2) is 13.2. The Hall–Kier alpha value is -0.740. The van der Waals surface area contributed by atoms with Gasteiger partial charge in [-0.25, -0.2) is 0 Å². The van der Waals surface area contributed by atoms with E-state index in [9.17, 15) is 30.6 Å². The van der Waals surface area contributed by atoms with Gasteiger partial charge in [0.1, 0.15) is 36.6 Å². The molecule has 4 heterocycles. The van der Waals surface area contributed by atoms with E-state index in [1.807, 2.05) is 0 Å². The summed E-state index contributed by atoms with van der Waals surface area (Å²) in [5.74, 6) is 1.99. The lowest BCUT2D eigenvalue weighted by atomic mass is 9.46. The SMILES string of the molecule is C[C@H]1CC[C@@]2(OC1)O[C@H]1C[C@H]3[C@@H]4CC=C5C[C@@H](O[C@@H]6O[C@@H](C)[C@H](O)[C@@H](O)[C@@H]6O)C[C@@H](O[C@@H]6O[C@H](C)[C@H](O)[C@H](O)[C@@H]6O)[C@]5(C)[C@H]4CC[C@]3(C)[C@H]1[C@@H]2C. The maximum Gasteiger partial charge on any atom is 0.186 e. The fourth-order valence-corrected chi connectivity index (χ4v) is 12.6. The van der Waals surface area contributed by atoms with E-state index in [1.54, 1.807) is 13.8 Å². The van der Waals surface area contributed by atoms with E-state index in [1.165, 1.54) is 5.57 Å². The minimum Gasteiger partial charge on any atom is -0.388 e. The van der Waals surface area contributed by atoms with Crippen LogP contribution in [0.3, 0.4) is 0 Å². The standard InChI is InChI=1S/C39H62O12/c1-17-9-12-39(46-16-17)18(2)28-26(51-39)15-25-23-8-7-21-13-22(49-35-33(44)31(42)29(40)19(3)47-35)14-27(38(21,6)24(23)10-11-37(25,28)5)50-36-34(45)32(43)30(41)20(4)48-36/h7,17-20,22-36,40-45H,8-16H2,1-6H3/t17-,18-,19-,20+,22+,23+,24-,25-,26-,27+,28-,29-,30-,31+,32-,33-,34-,35-,36-,37-,38-,39+/m0/s1. The summed E-state index contributed by atoms with van der Waals surface area (Å²) in [4.78, 5) is 0. The molecule has 0 unspecified atom stereocenters. The molecule has 0 aromatic carbocycles. The second-order valence-corrected chi connectivity index (χ2v) is 18.3. The normalized spacial score (nSPS) is 59.8. The molecule has 8 aliphatic rings. The topological polar surface area (TPSA) is 177 Å². The van der Waals surface area contributed by atoms with Gasteiger partial charge in [0, 0.05) is 24.2 Å². The number of fused-ring (bicyclic) bond motifs is 7. The predicted octanol–water partition coefficient (Wildman–Crippen LogP) is 2.39. The number of aliphatic hydroxyl groups is 6. The van der Waals surface area contributed by atoms with Crippen LogP contribution in [0.5, 0.6) is 0 Å². The molecule has 1 spiro atoms. The molecule has 6 N–H and O–H groups in total. The molecule has 4 aliphatic heterocycles. The van der Waals surface area contributed by atoms with Crippen LogP contribution < -0.4 is 0 Å². The molecule has 12 nitrogen and oxygen atoms in total. The van der Waals surface area contributed by atoms with Crippen LogP contribution in [0, 0.1) is 46.3 Å². The van der Waals surface area contributed by atoms with Crippen LogP contribution in [0.25, 0.3) is 0 Å². The molecule has 0 bridgehead atoms. The minimum absolute atomic E-state index is 0.119. The van der Waals surface area contributed by atoms with Gasteiger partial charge in [0.15, 0.2) is 18.4 Å². The van der Waals surface area contributed by atoms with Crippen molar-refractivity contribution in [2.45, 2.75) is 178 Å². The van der Waals surface area contributed by atoms with Crippen LogP contribution in [0.2, 0.25) is 0 Å². The minimum atomic E-state index is -1.45. The highest BCUT2D eigenvalue weighted by Gasteiger charge is 2.69. The summed E-state index contributed by atoms with van der Waals surface area (Å²) in [5.41, 5.74) is 0.868. The third-order valence-corrected chi connectivity index (χ3v) is 15.6. The Morgan fingerprint density at radius 2 is 1.39 bits per heavy atom. The Morgan fingerprint density at radius 1 is 0.745 bits per heavy atom. The summed E-state index contributed by atoms with van der Waals surface area (Å²) in [6.45, 7) is 13.4. The van der Waals surface area contributed by atoms with Gasteiger partial charge in [-0.2, -0.15) is 0 Å². The first-order valence-corrected chi connectivity index (χ1v) is 19.8. The van der Waals surface area contributed by atoms with E-state index in [4.69, 9.17) is 28.4 Å². The highest BCUT2D eigenvalue weighted by molar-refractivity contribution is 5.29. The largest absolute Gasteiger partial charge is 0.388 e. The van der Waals surface area contributed by atoms with Gasteiger partial charge in [-0.1, -0.05) is 39.3 Å². The number of allylic oxidation sites excluding steroid dienone is 1. The zero-order valence-electron chi connectivity index (χ0n) is 31.0. The van der Waals surface area contributed by atoms with Crippen LogP contribution >= 0.6 is 0 Å². The van der Waals surface area contributed by atoms with E-state index in [0.717, 1.165) is 45.1 Å². The van der Waals surface area contributed by atoms with Crippen LogP contribution in [-0.2, 0) is 28.4 Å². The van der Waals surface area contributed by atoms with Crippen molar-refractivity contribution in [3.63, 3.8) is 0 Å². The van der Waals surface area contributed by atoms with Gasteiger partial charge >= 0.3 is 0 Å². The lowest BCUT2D eigenvalue weighted by Crippen LogP contribution is -2.62. The van der Waals surface area contributed by atoms with Crippen LogP contribution in [0.1, 0.15) is 92.9 Å². The first-order chi connectivity index (χ1) is 24.1. The van der Waals surface area contributed by atoms with Crippen LogP contribution in [0.15, 0.2) is 11.6 Å². The van der Waals surface area contributed by atoms with Gasteiger partial charge in [0.25, 0.3) is 0 Å². The first kappa shape index (κ1) is 37.2. The van der Waals surface area contributed by atoms with Crippen molar-refractivity contribution in [1.82, 2.24) is 0 Å². The Labute approximate surface area is 301 Å². The number of ether oxygens (including phenoxy) is 6. The van der Waals surface area contributed by atoms with E-state index >= 15 is 0 Å². The summed E-state index contributed by atoms with van der Waals surface area (Å²) in [6.07, 6.45) is -3.33. The van der Waals surface area contributed by atoms with E-state index in [-0.39, 0.29) is 17.4 Å². The number of hydrogen-bond donors (Lipinski definition) is 6. The molecule has 0 aromatic heterocycles. The van der Waals surface area contributed by atoms with Crippen molar-refractivity contribution in [2.24, 2.45) is 46.3 Å². The smallest absolute Gasteiger partial charge is 0.186 e. The lowest BCUT2D eigenvalue weighted by molar-refractivity contribution is -0.329. The summed E-state index contributed by atoms with van der Waals surface area (Å²) in [7, 11) is 0. The monoisotopic (exact) mass is 722 g/mol. The van der Waals surface area contributed by atoms with E-state index < -0.39 is 84.8 Å². The van der Waals surface area contributed by atoms with Crippen LogP contribution in [-0.4, -0.2) is 123 Å². The summed E-state index contributed by atoms with van der Waals surface area (Å²) in [6, 6.07) is 0. The van der Waals surface area contributed by atoms with Gasteiger partial charge in [0.2, 0.25) is 0 Å². The average molecular weight is 723 g/mol. The maximum absolute atomic E-state index is 11.1. The Bertz CT molecular complexity index is 1320. The first-order valence-electron chi connectivity index (χ1n) is 19.8. The number of hydrogen-bond acceptors (Lipinski definition) is 12. The third kappa shape index (κ3) is 5.67. The molecule has 22 atom stereocenters. The molecule has 7 fully saturated rings. The Morgan fingerprint density at radius 3 is 2.02 bits per heavy atom. The molecule has 4 aliphatic carbocycles. The van der Waals surface area contributed by atoms with Crippen LogP contribution in [0.4, 0.5) is 0 Å². The molecule has 12 heteroatoms. The summed E-state index contributed by atoms with van der Waals surface area (Å²) < 4.78 is 38.5. The van der Waals surface area contributed by atoms with Gasteiger partial charge in [-0.15, -0.1) is 0 Å². The fraction of sp³-hybridized carbons (Fsp3) is 0.949. The van der Waals surface area contributed by atoms with Gasteiger partial charge in [-0.05, 0) is 87.4 Å². The Kier molecular flexibility index (Phi) is 9.62. The number of aliphatic hydroxyl groups excluding tert-OH is 6. The van der Waals surface area contributed by atoms with Crippen molar-refractivity contribution in [1.29, 1.82) is 0 Å². The molecule has 4 saturated heterocycles. The molecule has 0 aromatic rings. The molecular formula is C39H62O12. The zero-order valence-corrected chi connectivity index (χ0v) is 31.0. The van der Waals surface area contributed by atoms with E-state index in [2.05, 4.69) is 33.8 Å². The fourth-order valence-electron chi connectivity index (χ4n) is 12.6. The lowest BCUT2D eigenvalue weighted by Gasteiger charge is -2.61. The van der Waals surface area contributed by atoms with Crippen molar-refractivity contribution in [3.8, 4) is 0 Å². The Balaban J connectivity index is 1.08. The van der Waals surface area contributed by atoms with Crippen molar-refractivity contribution >= 4 is 0 Å². The molecule has 8 rings (SSSR count). The van der Waals surface area contributed by atoms with Crippen molar-refractivity contribution in [3.05, 3.63) is 11.6 Å². The molecule has 3 saturated carbocycles. The quantitative estimate of drug-likeness (QED) is 0.234. The van der Waals surface area contributed by atoms with Gasteiger partial charge < -0.3 is 59.1 Å². The highest BCUT2D eigenvalue weighted by Crippen LogP contribution is 2.71. The predicted molar refractivity (Wildman–Crippen MR) is 182 cm³/mol. The van der Waals surface area contributed by atoms with E-state index in [0.29, 0.717) is 42.4 Å². The van der Waals surface area contributed by atoms with Gasteiger partial charge in [-0.3, -0.25) is 0 Å². The highest BCUT2D eigenvalue weighted by atomic mass is 16.7. The number of rotatable bonds is 4. The average Bonchev–Trinajstić information content (AvgIpc) is 3.55. The third-order valence-electron chi connectivity index (χ3n) is 15.6. The molecular weight excluding hydrogens is 660 g/mol. The maximum atomic E-state index is 11.1. The van der Waals surface area contributed by atoms with Gasteiger partial charge in [0.05, 0.1) is 37.1 Å². The zero-order chi connectivity index (χ0) is 36.4.